The first-order valence-corrected chi connectivity index (χ1v) is 20.6. The average molecular weight is 873 g/mol. The average Bonchev–Trinajstić information content (AvgIpc) is 3.23. The van der Waals surface area contributed by atoms with Crippen LogP contribution in [0, 0.1) is 13.8 Å². The zero-order chi connectivity index (χ0) is 46.8. The molecule has 5 rings (SSSR count). The maximum atomic E-state index is 13.3. The Morgan fingerprint density at radius 3 is 1.91 bits per heavy atom. The van der Waals surface area contributed by atoms with Gasteiger partial charge in [-0.15, -0.1) is 0 Å². The predicted molar refractivity (Wildman–Crippen MR) is 247 cm³/mol. The molecule has 14 nitrogen and oxygen atoms in total. The van der Waals surface area contributed by atoms with Crippen molar-refractivity contribution in [2.45, 2.75) is 79.1 Å². The third-order valence-corrected chi connectivity index (χ3v) is 9.40. The largest absolute Gasteiger partial charge is 0.484 e. The molecule has 0 radical (unpaired) electrons. The van der Waals surface area contributed by atoms with Gasteiger partial charge in [-0.05, 0) is 121 Å². The molecule has 64 heavy (non-hydrogen) atoms. The minimum absolute atomic E-state index is 0.185. The number of nitrogens with one attached hydrogen (secondary N) is 3. The molecular formula is C50H56N4O10. The molecule has 5 aromatic carbocycles. The van der Waals surface area contributed by atoms with Crippen LogP contribution in [0.1, 0.15) is 74.2 Å². The first kappa shape index (κ1) is 47.7. The second-order valence-electron chi connectivity index (χ2n) is 17.0. The van der Waals surface area contributed by atoms with Crippen molar-refractivity contribution in [1.29, 1.82) is 0 Å². The van der Waals surface area contributed by atoms with Crippen LogP contribution < -0.4 is 30.3 Å². The summed E-state index contributed by atoms with van der Waals surface area (Å²) in [6.07, 6.45) is -1.00. The Balaban J connectivity index is 1.27. The summed E-state index contributed by atoms with van der Waals surface area (Å²) >= 11 is 0. The van der Waals surface area contributed by atoms with E-state index < -0.39 is 41.3 Å². The standard InChI is InChI=1S/C50H56N4O10/c1-31-26-37(27-32(2)44(31)53-47(58)63-49(3,4)5)62-36-24-25-40(42(29-36)54(9)48(59)64-50(6,7)8)52-43(55)30-61-35-22-20-33(21-23-35)28-41(46(57)60-10)51-39-19-15-14-18-38(39)45(56)34-16-12-11-13-17-34/h11-27,29,41,51H,28,30H2,1-10H3,(H,52,55)(H,53,58)/t41-/m0/s1. The minimum atomic E-state index is -0.820. The van der Waals surface area contributed by atoms with Gasteiger partial charge in [-0.25, -0.2) is 14.4 Å². The molecular weight excluding hydrogens is 817 g/mol. The molecule has 0 heterocycles. The quantitative estimate of drug-likeness (QED) is 0.0520. The fourth-order valence-corrected chi connectivity index (χ4v) is 6.48. The van der Waals surface area contributed by atoms with Crippen LogP contribution in [0.2, 0.25) is 0 Å². The summed E-state index contributed by atoms with van der Waals surface area (Å²) in [6, 6.07) is 30.4. The third kappa shape index (κ3) is 13.6. The summed E-state index contributed by atoms with van der Waals surface area (Å²) < 4.78 is 28.2. The molecule has 0 saturated carbocycles. The number of carbonyl (C=O) groups excluding carboxylic acids is 5. The van der Waals surface area contributed by atoms with Crippen LogP contribution in [0.4, 0.5) is 32.3 Å². The molecule has 0 aliphatic carbocycles. The van der Waals surface area contributed by atoms with Crippen molar-refractivity contribution in [1.82, 2.24) is 0 Å². The number of aryl methyl sites for hydroxylation is 2. The van der Waals surface area contributed by atoms with E-state index in [1.54, 1.807) is 145 Å². The Morgan fingerprint density at radius 2 is 1.28 bits per heavy atom. The van der Waals surface area contributed by atoms with Crippen molar-refractivity contribution in [2.75, 3.05) is 41.6 Å². The van der Waals surface area contributed by atoms with E-state index in [-0.39, 0.29) is 18.8 Å². The predicted octanol–water partition coefficient (Wildman–Crippen LogP) is 10.3. The molecule has 0 unspecified atom stereocenters. The molecule has 14 heteroatoms. The number of amides is 3. The summed E-state index contributed by atoms with van der Waals surface area (Å²) in [5.74, 6) is 0.0344. The van der Waals surface area contributed by atoms with Crippen molar-refractivity contribution in [3.05, 3.63) is 137 Å². The lowest BCUT2D eigenvalue weighted by atomic mass is 10.00. The van der Waals surface area contributed by atoms with Crippen LogP contribution in [0.25, 0.3) is 0 Å². The van der Waals surface area contributed by atoms with Gasteiger partial charge in [0.15, 0.2) is 12.4 Å². The fourth-order valence-electron chi connectivity index (χ4n) is 6.48. The van der Waals surface area contributed by atoms with E-state index in [4.69, 9.17) is 23.7 Å². The van der Waals surface area contributed by atoms with E-state index in [0.29, 0.717) is 51.1 Å². The number of hydrogen-bond donors (Lipinski definition) is 3. The molecule has 0 aliphatic heterocycles. The molecule has 3 amide bonds. The minimum Gasteiger partial charge on any atom is -0.484 e. The van der Waals surface area contributed by atoms with Crippen LogP contribution in [-0.2, 0) is 30.2 Å². The Morgan fingerprint density at radius 1 is 0.672 bits per heavy atom. The summed E-state index contributed by atoms with van der Waals surface area (Å²) in [7, 11) is 2.83. The highest BCUT2D eigenvalue weighted by atomic mass is 16.6. The van der Waals surface area contributed by atoms with Crippen LogP contribution in [0.5, 0.6) is 17.2 Å². The van der Waals surface area contributed by atoms with E-state index in [9.17, 15) is 24.0 Å². The van der Waals surface area contributed by atoms with Gasteiger partial charge >= 0.3 is 18.2 Å². The van der Waals surface area contributed by atoms with Gasteiger partial charge < -0.3 is 34.3 Å². The van der Waals surface area contributed by atoms with Gasteiger partial charge in [-0.1, -0.05) is 54.6 Å². The van der Waals surface area contributed by atoms with E-state index in [1.165, 1.54) is 19.1 Å². The summed E-state index contributed by atoms with van der Waals surface area (Å²) in [4.78, 5) is 66.6. The molecule has 0 spiro atoms. The lowest BCUT2D eigenvalue weighted by Crippen LogP contribution is -2.34. The normalized spacial score (nSPS) is 11.7. The highest BCUT2D eigenvalue weighted by Crippen LogP contribution is 2.35. The second kappa shape index (κ2) is 20.7. The zero-order valence-electron chi connectivity index (χ0n) is 37.9. The van der Waals surface area contributed by atoms with Gasteiger partial charge in [-0.3, -0.25) is 19.8 Å². The topological polar surface area (TPSA) is 171 Å². The highest BCUT2D eigenvalue weighted by molar-refractivity contribution is 6.12. The van der Waals surface area contributed by atoms with E-state index in [0.717, 1.165) is 16.7 Å². The first-order valence-electron chi connectivity index (χ1n) is 20.6. The van der Waals surface area contributed by atoms with Gasteiger partial charge in [0.1, 0.15) is 34.5 Å². The highest BCUT2D eigenvalue weighted by Gasteiger charge is 2.25. The number of carbonyl (C=O) groups is 5. The Bertz CT molecular complexity index is 2450. The number of esters is 1. The number of methoxy groups -OCH3 is 1. The number of hydrogen-bond acceptors (Lipinski definition) is 11. The SMILES string of the molecule is COC(=O)[C@H](Cc1ccc(OCC(=O)Nc2ccc(Oc3cc(C)c(NC(=O)OC(C)(C)C)c(C)c3)cc2N(C)C(=O)OC(C)(C)C)cc1)Nc1ccccc1C(=O)c1ccccc1. The van der Waals surface area contributed by atoms with Gasteiger partial charge in [0.05, 0.1) is 24.2 Å². The van der Waals surface area contributed by atoms with Gasteiger partial charge in [0.25, 0.3) is 5.91 Å². The van der Waals surface area contributed by atoms with E-state index in [1.807, 2.05) is 19.9 Å². The molecule has 3 N–H and O–H groups in total. The lowest BCUT2D eigenvalue weighted by molar-refractivity contribution is -0.141. The number of para-hydroxylation sites is 1. The Kier molecular flexibility index (Phi) is 15.4. The summed E-state index contributed by atoms with van der Waals surface area (Å²) in [5, 5.41) is 8.84. The monoisotopic (exact) mass is 872 g/mol. The van der Waals surface area contributed by atoms with Crippen molar-refractivity contribution >= 4 is 52.6 Å². The molecule has 0 bridgehead atoms. The third-order valence-electron chi connectivity index (χ3n) is 9.40. The number of anilines is 4. The molecule has 336 valence electrons. The van der Waals surface area contributed by atoms with Crippen molar-refractivity contribution < 1.29 is 47.7 Å². The number of ketones is 1. The lowest BCUT2D eigenvalue weighted by Gasteiger charge is -2.26. The van der Waals surface area contributed by atoms with Gasteiger partial charge in [0, 0.05) is 36.3 Å². The number of nitrogens with zero attached hydrogens (tertiary/aromatic N) is 1. The van der Waals surface area contributed by atoms with E-state index >= 15 is 0 Å². The van der Waals surface area contributed by atoms with Crippen LogP contribution >= 0.6 is 0 Å². The number of benzene rings is 5. The number of ether oxygens (including phenoxy) is 5. The second-order valence-corrected chi connectivity index (χ2v) is 17.0. The van der Waals surface area contributed by atoms with Crippen LogP contribution in [0.3, 0.4) is 0 Å². The molecule has 5 aromatic rings. The Hall–Kier alpha value is -7.35. The van der Waals surface area contributed by atoms with Gasteiger partial charge in [-0.2, -0.15) is 0 Å². The van der Waals surface area contributed by atoms with Gasteiger partial charge in [0.2, 0.25) is 0 Å². The van der Waals surface area contributed by atoms with Crippen molar-refractivity contribution in [3.8, 4) is 17.2 Å². The molecule has 0 fully saturated rings. The molecule has 1 atom stereocenters. The first-order chi connectivity index (χ1) is 30.2. The molecule has 0 saturated heterocycles. The van der Waals surface area contributed by atoms with Crippen molar-refractivity contribution in [3.63, 3.8) is 0 Å². The maximum Gasteiger partial charge on any atom is 0.414 e. The van der Waals surface area contributed by atoms with Crippen LogP contribution in [-0.4, -0.2) is 67.9 Å². The van der Waals surface area contributed by atoms with E-state index in [2.05, 4.69) is 16.0 Å². The van der Waals surface area contributed by atoms with Crippen molar-refractivity contribution in [2.24, 2.45) is 0 Å². The maximum absolute atomic E-state index is 13.3. The van der Waals surface area contributed by atoms with Crippen LogP contribution in [0.15, 0.2) is 109 Å². The summed E-state index contributed by atoms with van der Waals surface area (Å²) in [5.41, 5.74) is 3.41. The fraction of sp³-hybridized carbons (Fsp3) is 0.300. The Labute approximate surface area is 374 Å². The molecule has 0 aliphatic rings. The number of rotatable bonds is 15. The zero-order valence-corrected chi connectivity index (χ0v) is 37.9. The smallest absolute Gasteiger partial charge is 0.414 e. The molecule has 0 aromatic heterocycles. The summed E-state index contributed by atoms with van der Waals surface area (Å²) in [6.45, 7) is 13.9.